The smallest absolute Gasteiger partial charge is 0.179 e. The van der Waals surface area contributed by atoms with Gasteiger partial charge in [-0.1, -0.05) is 30.1 Å². The molecule has 0 aliphatic heterocycles. The molecule has 1 atom stereocenters. The van der Waals surface area contributed by atoms with Crippen LogP contribution in [0.2, 0.25) is 10.0 Å². The van der Waals surface area contributed by atoms with Crippen LogP contribution in [-0.4, -0.2) is 20.3 Å². The van der Waals surface area contributed by atoms with Crippen molar-refractivity contribution in [3.05, 3.63) is 21.7 Å². The van der Waals surface area contributed by atoms with Crippen molar-refractivity contribution in [1.82, 2.24) is 0 Å². The van der Waals surface area contributed by atoms with Crippen LogP contribution in [0.3, 0.4) is 0 Å². The minimum atomic E-state index is 0.0306. The Balaban J connectivity index is 3.22. The van der Waals surface area contributed by atoms with Gasteiger partial charge in [0.05, 0.1) is 19.2 Å². The molecular formula is C12H17Cl2NO2. The van der Waals surface area contributed by atoms with Crippen molar-refractivity contribution >= 4 is 23.2 Å². The van der Waals surface area contributed by atoms with Crippen molar-refractivity contribution in [3.63, 3.8) is 0 Å². The molecule has 0 aliphatic rings. The van der Waals surface area contributed by atoms with Crippen LogP contribution in [0.1, 0.15) is 18.9 Å². The molecule has 17 heavy (non-hydrogen) atoms. The number of benzene rings is 1. The molecule has 96 valence electrons. The quantitative estimate of drug-likeness (QED) is 0.898. The van der Waals surface area contributed by atoms with E-state index in [1.54, 1.807) is 20.3 Å². The molecule has 5 heteroatoms. The summed E-state index contributed by atoms with van der Waals surface area (Å²) in [5.74, 6) is 1.02. The third kappa shape index (κ3) is 3.18. The van der Waals surface area contributed by atoms with Gasteiger partial charge in [0.1, 0.15) is 0 Å². The highest BCUT2D eigenvalue weighted by Crippen LogP contribution is 2.41. The zero-order valence-corrected chi connectivity index (χ0v) is 11.7. The van der Waals surface area contributed by atoms with E-state index in [9.17, 15) is 0 Å². The Morgan fingerprint density at radius 1 is 1.29 bits per heavy atom. The highest BCUT2D eigenvalue weighted by atomic mass is 35.5. The molecule has 1 unspecified atom stereocenters. The standard InChI is InChI=1S/C12H17Cl2NO2/c1-4-7(15)5-8-9(13)6-10(16-2)12(17-3)11(8)14/h6-7H,4-5,15H2,1-3H3. The summed E-state index contributed by atoms with van der Waals surface area (Å²) in [5, 5.41) is 1.03. The monoisotopic (exact) mass is 277 g/mol. The molecule has 0 aliphatic carbocycles. The van der Waals surface area contributed by atoms with Crippen LogP contribution < -0.4 is 15.2 Å². The fourth-order valence-electron chi connectivity index (χ4n) is 1.55. The lowest BCUT2D eigenvalue weighted by Crippen LogP contribution is -2.21. The molecule has 0 saturated carbocycles. The van der Waals surface area contributed by atoms with Gasteiger partial charge in [-0.05, 0) is 18.4 Å². The molecule has 3 nitrogen and oxygen atoms in total. The van der Waals surface area contributed by atoms with E-state index in [1.165, 1.54) is 0 Å². The first-order chi connectivity index (χ1) is 8.04. The Morgan fingerprint density at radius 3 is 2.41 bits per heavy atom. The first kappa shape index (κ1) is 14.4. The van der Waals surface area contributed by atoms with Crippen LogP contribution >= 0.6 is 23.2 Å². The summed E-state index contributed by atoms with van der Waals surface area (Å²) in [7, 11) is 3.09. The van der Waals surface area contributed by atoms with Gasteiger partial charge in [-0.15, -0.1) is 0 Å². The van der Waals surface area contributed by atoms with Crippen LogP contribution in [-0.2, 0) is 6.42 Å². The van der Waals surface area contributed by atoms with Gasteiger partial charge in [-0.25, -0.2) is 0 Å². The van der Waals surface area contributed by atoms with E-state index in [2.05, 4.69) is 0 Å². The van der Waals surface area contributed by atoms with Gasteiger partial charge >= 0.3 is 0 Å². The second kappa shape index (κ2) is 6.34. The lowest BCUT2D eigenvalue weighted by Gasteiger charge is -2.16. The molecule has 0 saturated heterocycles. The van der Waals surface area contributed by atoms with E-state index in [1.807, 2.05) is 6.92 Å². The van der Waals surface area contributed by atoms with Gasteiger partial charge in [0.15, 0.2) is 11.5 Å². The fraction of sp³-hybridized carbons (Fsp3) is 0.500. The van der Waals surface area contributed by atoms with Crippen molar-refractivity contribution in [2.75, 3.05) is 14.2 Å². The summed E-state index contributed by atoms with van der Waals surface area (Å²) in [6.07, 6.45) is 1.48. The number of methoxy groups -OCH3 is 2. The Morgan fingerprint density at radius 2 is 1.94 bits per heavy atom. The fourth-order valence-corrected chi connectivity index (χ4v) is 2.22. The molecule has 2 N–H and O–H groups in total. The predicted molar refractivity (Wildman–Crippen MR) is 71.5 cm³/mol. The molecule has 1 aromatic rings. The summed E-state index contributed by atoms with van der Waals surface area (Å²) in [6, 6.07) is 1.73. The van der Waals surface area contributed by atoms with E-state index < -0.39 is 0 Å². The first-order valence-electron chi connectivity index (χ1n) is 5.39. The molecular weight excluding hydrogens is 261 g/mol. The SMILES string of the molecule is CCC(N)Cc1c(Cl)cc(OC)c(OC)c1Cl. The molecule has 0 aromatic heterocycles. The number of nitrogens with two attached hydrogens (primary N) is 1. The summed E-state index contributed by atoms with van der Waals surface area (Å²) in [6.45, 7) is 2.02. The third-order valence-corrected chi connectivity index (χ3v) is 3.39. The average molecular weight is 278 g/mol. The van der Waals surface area contributed by atoms with E-state index in [-0.39, 0.29) is 6.04 Å². The number of hydrogen-bond acceptors (Lipinski definition) is 3. The zero-order chi connectivity index (χ0) is 13.0. The predicted octanol–water partition coefficient (Wildman–Crippen LogP) is 3.29. The Kier molecular flexibility index (Phi) is 5.37. The molecule has 0 amide bonds. The van der Waals surface area contributed by atoms with E-state index >= 15 is 0 Å². The molecule has 0 spiro atoms. The zero-order valence-electron chi connectivity index (χ0n) is 10.2. The highest BCUT2D eigenvalue weighted by molar-refractivity contribution is 6.37. The van der Waals surface area contributed by atoms with Gasteiger partial charge in [0, 0.05) is 17.1 Å². The summed E-state index contributed by atoms with van der Waals surface area (Å²) >= 11 is 12.4. The molecule has 0 fully saturated rings. The number of rotatable bonds is 5. The van der Waals surface area contributed by atoms with Gasteiger partial charge in [0.25, 0.3) is 0 Å². The van der Waals surface area contributed by atoms with Crippen molar-refractivity contribution < 1.29 is 9.47 Å². The first-order valence-corrected chi connectivity index (χ1v) is 6.15. The highest BCUT2D eigenvalue weighted by Gasteiger charge is 2.18. The normalized spacial score (nSPS) is 12.4. The van der Waals surface area contributed by atoms with Crippen LogP contribution in [0.5, 0.6) is 11.5 Å². The summed E-state index contributed by atoms with van der Waals surface area (Å²) in [5.41, 5.74) is 6.72. The second-order valence-electron chi connectivity index (χ2n) is 3.76. The Labute approximate surface area is 112 Å². The van der Waals surface area contributed by atoms with E-state index in [4.69, 9.17) is 38.4 Å². The minimum Gasteiger partial charge on any atom is -0.493 e. The average Bonchev–Trinajstić information content (AvgIpc) is 2.33. The van der Waals surface area contributed by atoms with Crippen LogP contribution in [0.25, 0.3) is 0 Å². The van der Waals surface area contributed by atoms with Crippen LogP contribution in [0.15, 0.2) is 6.07 Å². The van der Waals surface area contributed by atoms with E-state index in [0.29, 0.717) is 28.0 Å². The number of hydrogen-bond donors (Lipinski definition) is 1. The Hall–Kier alpha value is -0.640. The third-order valence-electron chi connectivity index (χ3n) is 2.65. The maximum Gasteiger partial charge on any atom is 0.179 e. The van der Waals surface area contributed by atoms with Crippen molar-refractivity contribution in [2.45, 2.75) is 25.8 Å². The van der Waals surface area contributed by atoms with Crippen molar-refractivity contribution in [3.8, 4) is 11.5 Å². The van der Waals surface area contributed by atoms with Gasteiger partial charge in [-0.2, -0.15) is 0 Å². The van der Waals surface area contributed by atoms with Gasteiger partial charge < -0.3 is 15.2 Å². The van der Waals surface area contributed by atoms with Crippen LogP contribution in [0, 0.1) is 0 Å². The van der Waals surface area contributed by atoms with Crippen molar-refractivity contribution in [2.24, 2.45) is 5.73 Å². The van der Waals surface area contributed by atoms with Crippen molar-refractivity contribution in [1.29, 1.82) is 0 Å². The second-order valence-corrected chi connectivity index (χ2v) is 4.54. The molecule has 1 rings (SSSR count). The summed E-state index contributed by atoms with van der Waals surface area (Å²) in [4.78, 5) is 0. The van der Waals surface area contributed by atoms with Crippen LogP contribution in [0.4, 0.5) is 0 Å². The number of ether oxygens (including phenoxy) is 2. The minimum absolute atomic E-state index is 0.0306. The Bertz CT molecular complexity index is 397. The van der Waals surface area contributed by atoms with Gasteiger partial charge in [0.2, 0.25) is 0 Å². The lowest BCUT2D eigenvalue weighted by atomic mass is 10.0. The number of halogens is 2. The molecule has 0 bridgehead atoms. The maximum atomic E-state index is 6.25. The summed E-state index contributed by atoms with van der Waals surface area (Å²) < 4.78 is 10.4. The topological polar surface area (TPSA) is 44.5 Å². The largest absolute Gasteiger partial charge is 0.493 e. The van der Waals surface area contributed by atoms with E-state index in [0.717, 1.165) is 12.0 Å². The molecule has 0 heterocycles. The molecule has 0 radical (unpaired) electrons. The lowest BCUT2D eigenvalue weighted by molar-refractivity contribution is 0.354. The molecule has 1 aromatic carbocycles. The maximum absolute atomic E-state index is 6.25. The van der Waals surface area contributed by atoms with Gasteiger partial charge in [-0.3, -0.25) is 0 Å².